The third kappa shape index (κ3) is 10.0. The molecule has 7 nitrogen and oxygen atoms in total. The topological polar surface area (TPSA) is 93.7 Å². The largest absolute Gasteiger partial charge is 0.460 e. The molecule has 0 aromatic carbocycles. The van der Waals surface area contributed by atoms with E-state index in [0.29, 0.717) is 0 Å². The van der Waals surface area contributed by atoms with Gasteiger partial charge < -0.3 is 20.1 Å². The molecule has 0 aromatic rings. The summed E-state index contributed by atoms with van der Waals surface area (Å²) in [6.45, 7) is 10.5. The molecule has 0 unspecified atom stereocenters. The molecular weight excluding hydrogens is 288 g/mol. The predicted molar refractivity (Wildman–Crippen MR) is 82.3 cm³/mol. The van der Waals surface area contributed by atoms with Crippen LogP contribution in [0, 0.1) is 0 Å². The molecule has 128 valence electrons. The fourth-order valence-electron chi connectivity index (χ4n) is 1.51. The molecule has 2 N–H and O–H groups in total. The van der Waals surface area contributed by atoms with Crippen LogP contribution in [0.3, 0.4) is 0 Å². The minimum atomic E-state index is -0.910. The third-order valence-electron chi connectivity index (χ3n) is 2.28. The maximum atomic E-state index is 12.1. The van der Waals surface area contributed by atoms with Gasteiger partial charge in [-0.15, -0.1) is 0 Å². The second kappa shape index (κ2) is 8.00. The van der Waals surface area contributed by atoms with Crippen molar-refractivity contribution in [3.63, 3.8) is 0 Å². The molecule has 0 heterocycles. The van der Waals surface area contributed by atoms with Gasteiger partial charge in [0.25, 0.3) is 0 Å². The number of esters is 2. The molecule has 0 spiro atoms. The van der Waals surface area contributed by atoms with Crippen molar-refractivity contribution in [2.24, 2.45) is 0 Å². The fourth-order valence-corrected chi connectivity index (χ4v) is 1.51. The fraction of sp³-hybridized carbons (Fsp3) is 0.800. The smallest absolute Gasteiger partial charge is 0.329 e. The minimum Gasteiger partial charge on any atom is -0.460 e. The van der Waals surface area contributed by atoms with E-state index < -0.39 is 35.2 Å². The van der Waals surface area contributed by atoms with Crippen LogP contribution in [0.5, 0.6) is 0 Å². The molecule has 22 heavy (non-hydrogen) atoms. The second-order valence-corrected chi connectivity index (χ2v) is 6.93. The van der Waals surface area contributed by atoms with Crippen molar-refractivity contribution in [3.8, 4) is 0 Å². The zero-order valence-corrected chi connectivity index (χ0v) is 14.5. The number of carbonyl (C=O) groups excluding carboxylic acids is 3. The molecule has 0 saturated heterocycles. The maximum Gasteiger partial charge on any atom is 0.329 e. The SMILES string of the molecule is CNC(=O)N[C@@H](CCC(=O)OC(C)(C)C)C(=O)OC(C)(C)C. The van der Waals surface area contributed by atoms with Crippen LogP contribution < -0.4 is 10.6 Å². The van der Waals surface area contributed by atoms with Gasteiger partial charge in [-0.2, -0.15) is 0 Å². The number of rotatable bonds is 5. The molecule has 2 amide bonds. The van der Waals surface area contributed by atoms with E-state index in [1.54, 1.807) is 41.5 Å². The summed E-state index contributed by atoms with van der Waals surface area (Å²) in [6.07, 6.45) is 0.114. The minimum absolute atomic E-state index is 0.00513. The summed E-state index contributed by atoms with van der Waals surface area (Å²) in [6, 6.07) is -1.42. The van der Waals surface area contributed by atoms with Crippen molar-refractivity contribution in [2.45, 2.75) is 71.6 Å². The lowest BCUT2D eigenvalue weighted by Gasteiger charge is -2.25. The molecule has 0 saturated carbocycles. The molecule has 0 radical (unpaired) electrons. The molecule has 0 bridgehead atoms. The Labute approximate surface area is 132 Å². The number of hydrogen-bond acceptors (Lipinski definition) is 5. The van der Waals surface area contributed by atoms with Gasteiger partial charge in [-0.1, -0.05) is 0 Å². The standard InChI is InChI=1S/C15H28N2O5/c1-14(2,3)21-11(18)9-8-10(17-13(20)16-7)12(19)22-15(4,5)6/h10H,8-9H2,1-7H3,(H2,16,17,20)/t10-/m0/s1. The number of nitrogens with one attached hydrogen (secondary N) is 2. The number of carbonyl (C=O) groups is 3. The van der Waals surface area contributed by atoms with Gasteiger partial charge in [0, 0.05) is 13.5 Å². The highest BCUT2D eigenvalue weighted by molar-refractivity contribution is 5.84. The Morgan fingerprint density at radius 3 is 1.86 bits per heavy atom. The van der Waals surface area contributed by atoms with Crippen molar-refractivity contribution < 1.29 is 23.9 Å². The second-order valence-electron chi connectivity index (χ2n) is 6.93. The quantitative estimate of drug-likeness (QED) is 0.754. The van der Waals surface area contributed by atoms with Crippen molar-refractivity contribution in [3.05, 3.63) is 0 Å². The summed E-state index contributed by atoms with van der Waals surface area (Å²) in [5.74, 6) is -1.01. The van der Waals surface area contributed by atoms with Gasteiger partial charge in [0.05, 0.1) is 0 Å². The lowest BCUT2D eigenvalue weighted by Crippen LogP contribution is -2.47. The van der Waals surface area contributed by atoms with E-state index in [0.717, 1.165) is 0 Å². The van der Waals surface area contributed by atoms with Gasteiger partial charge in [-0.25, -0.2) is 9.59 Å². The summed E-state index contributed by atoms with van der Waals surface area (Å²) in [7, 11) is 1.44. The first kappa shape index (κ1) is 20.2. The first-order chi connectivity index (χ1) is 9.84. The van der Waals surface area contributed by atoms with E-state index in [1.807, 2.05) is 0 Å². The number of urea groups is 1. The monoisotopic (exact) mass is 316 g/mol. The van der Waals surface area contributed by atoms with Crippen LogP contribution in [0.2, 0.25) is 0 Å². The molecule has 0 aromatic heterocycles. The van der Waals surface area contributed by atoms with Crippen LogP contribution in [0.4, 0.5) is 4.79 Å². The van der Waals surface area contributed by atoms with E-state index in [1.165, 1.54) is 7.05 Å². The van der Waals surface area contributed by atoms with E-state index in [9.17, 15) is 14.4 Å². The Kier molecular flexibility index (Phi) is 7.35. The molecule has 1 atom stereocenters. The molecule has 0 aliphatic heterocycles. The highest BCUT2D eigenvalue weighted by Crippen LogP contribution is 2.13. The van der Waals surface area contributed by atoms with E-state index in [2.05, 4.69) is 10.6 Å². The van der Waals surface area contributed by atoms with Gasteiger partial charge in [0.1, 0.15) is 17.2 Å². The summed E-state index contributed by atoms with van der Waals surface area (Å²) < 4.78 is 10.4. The van der Waals surface area contributed by atoms with Crippen LogP contribution in [0.15, 0.2) is 0 Å². The summed E-state index contributed by atoms with van der Waals surface area (Å²) in [4.78, 5) is 35.2. The first-order valence-corrected chi connectivity index (χ1v) is 7.27. The zero-order valence-electron chi connectivity index (χ0n) is 14.5. The van der Waals surface area contributed by atoms with E-state index in [4.69, 9.17) is 9.47 Å². The zero-order chi connectivity index (χ0) is 17.6. The Morgan fingerprint density at radius 2 is 1.45 bits per heavy atom. The normalized spacial score (nSPS) is 13.0. The highest BCUT2D eigenvalue weighted by atomic mass is 16.6. The van der Waals surface area contributed by atoms with Gasteiger partial charge >= 0.3 is 18.0 Å². The average molecular weight is 316 g/mol. The number of hydrogen-bond donors (Lipinski definition) is 2. The predicted octanol–water partition coefficient (Wildman–Crippen LogP) is 1.75. The van der Waals surface area contributed by atoms with E-state index in [-0.39, 0.29) is 12.8 Å². The van der Waals surface area contributed by atoms with Crippen LogP contribution >= 0.6 is 0 Å². The van der Waals surface area contributed by atoms with Crippen LogP contribution in [0.25, 0.3) is 0 Å². The number of amides is 2. The first-order valence-electron chi connectivity index (χ1n) is 7.27. The van der Waals surface area contributed by atoms with Crippen molar-refractivity contribution in [1.82, 2.24) is 10.6 Å². The Balaban J connectivity index is 4.70. The molecule has 7 heteroatoms. The molecular formula is C15H28N2O5. The van der Waals surface area contributed by atoms with Gasteiger partial charge in [0.15, 0.2) is 0 Å². The molecule has 0 aliphatic carbocycles. The van der Waals surface area contributed by atoms with Crippen molar-refractivity contribution in [2.75, 3.05) is 7.05 Å². The molecule has 0 rings (SSSR count). The Hall–Kier alpha value is -1.79. The van der Waals surface area contributed by atoms with E-state index >= 15 is 0 Å². The van der Waals surface area contributed by atoms with Crippen molar-refractivity contribution in [1.29, 1.82) is 0 Å². The van der Waals surface area contributed by atoms with Gasteiger partial charge in [-0.3, -0.25) is 4.79 Å². The van der Waals surface area contributed by atoms with Crippen molar-refractivity contribution >= 4 is 18.0 Å². The average Bonchev–Trinajstić information content (AvgIpc) is 2.29. The number of ether oxygens (including phenoxy) is 2. The Bertz CT molecular complexity index is 407. The molecule has 0 aliphatic rings. The maximum absolute atomic E-state index is 12.1. The summed E-state index contributed by atoms with van der Waals surface area (Å²) in [5.41, 5.74) is -1.27. The van der Waals surface area contributed by atoms with Gasteiger partial charge in [0.2, 0.25) is 0 Å². The summed E-state index contributed by atoms with van der Waals surface area (Å²) >= 11 is 0. The van der Waals surface area contributed by atoms with Crippen LogP contribution in [0.1, 0.15) is 54.4 Å². The Morgan fingerprint density at radius 1 is 0.955 bits per heavy atom. The van der Waals surface area contributed by atoms with Crippen LogP contribution in [-0.4, -0.2) is 42.3 Å². The molecule has 0 fully saturated rings. The highest BCUT2D eigenvalue weighted by Gasteiger charge is 2.28. The lowest BCUT2D eigenvalue weighted by molar-refractivity contribution is -0.158. The summed E-state index contributed by atoms with van der Waals surface area (Å²) in [5, 5.41) is 4.84. The van der Waals surface area contributed by atoms with Gasteiger partial charge in [-0.05, 0) is 48.0 Å². The third-order valence-corrected chi connectivity index (χ3v) is 2.28. The lowest BCUT2D eigenvalue weighted by atomic mass is 10.1. The van der Waals surface area contributed by atoms with Crippen LogP contribution in [-0.2, 0) is 19.1 Å².